The molecular weight excluding hydrogens is 434 g/mol. The molecule has 1 heterocycles. The third-order valence-corrected chi connectivity index (χ3v) is 6.10. The molecule has 0 aliphatic carbocycles. The maximum Gasteiger partial charge on any atom is 0.335 e. The first kappa shape index (κ1) is 20.8. The molecule has 5 nitrogen and oxygen atoms in total. The average Bonchev–Trinajstić information content (AvgIpc) is 3.12. The lowest BCUT2D eigenvalue weighted by atomic mass is 10.0. The highest BCUT2D eigenvalue weighted by Crippen LogP contribution is 2.25. The molecule has 0 aliphatic rings. The van der Waals surface area contributed by atoms with Crippen LogP contribution >= 0.6 is 11.6 Å². The van der Waals surface area contributed by atoms with Crippen LogP contribution in [-0.4, -0.2) is 20.2 Å². The van der Waals surface area contributed by atoms with Crippen LogP contribution in [0.2, 0.25) is 5.02 Å². The Labute approximate surface area is 195 Å². The molecule has 0 aliphatic heterocycles. The van der Waals surface area contributed by atoms with E-state index in [1.54, 1.807) is 18.2 Å². The summed E-state index contributed by atoms with van der Waals surface area (Å²) in [6.07, 6.45) is 0. The van der Waals surface area contributed by atoms with Gasteiger partial charge in [-0.1, -0.05) is 66.2 Å². The SMILES string of the molecule is N=c1n(Cc2ccccc2Cl)c2ccccc2n1-c1ccc(-c2cccc(C(=O)O)c2)cc1. The lowest BCUT2D eigenvalue weighted by Gasteiger charge is -2.08. The number of carboxylic acid groups (broad SMARTS) is 1. The molecule has 1 aromatic heterocycles. The molecule has 5 aromatic rings. The zero-order valence-electron chi connectivity index (χ0n) is 17.6. The molecule has 0 radical (unpaired) electrons. The van der Waals surface area contributed by atoms with E-state index < -0.39 is 5.97 Å². The van der Waals surface area contributed by atoms with Gasteiger partial charge in [0.25, 0.3) is 0 Å². The van der Waals surface area contributed by atoms with Crippen LogP contribution in [-0.2, 0) is 6.54 Å². The smallest absolute Gasteiger partial charge is 0.335 e. The van der Waals surface area contributed by atoms with Gasteiger partial charge in [0, 0.05) is 10.7 Å². The highest BCUT2D eigenvalue weighted by Gasteiger charge is 2.14. The van der Waals surface area contributed by atoms with E-state index in [2.05, 4.69) is 0 Å². The Balaban J connectivity index is 1.59. The first-order valence-corrected chi connectivity index (χ1v) is 10.8. The van der Waals surface area contributed by atoms with Crippen molar-refractivity contribution in [2.45, 2.75) is 6.54 Å². The second-order valence-electron chi connectivity index (χ2n) is 7.76. The predicted molar refractivity (Wildman–Crippen MR) is 130 cm³/mol. The number of rotatable bonds is 5. The van der Waals surface area contributed by atoms with Crippen LogP contribution in [0.3, 0.4) is 0 Å². The topological polar surface area (TPSA) is 71.0 Å². The van der Waals surface area contributed by atoms with E-state index in [0.717, 1.165) is 33.4 Å². The normalized spacial score (nSPS) is 11.1. The van der Waals surface area contributed by atoms with Gasteiger partial charge in [-0.05, 0) is 59.2 Å². The minimum atomic E-state index is -0.950. The van der Waals surface area contributed by atoms with E-state index in [-0.39, 0.29) is 5.56 Å². The van der Waals surface area contributed by atoms with Crippen molar-refractivity contribution < 1.29 is 9.90 Å². The van der Waals surface area contributed by atoms with Crippen LogP contribution in [0, 0.1) is 5.41 Å². The second-order valence-corrected chi connectivity index (χ2v) is 8.17. The number of hydrogen-bond donors (Lipinski definition) is 2. The minimum Gasteiger partial charge on any atom is -0.478 e. The molecule has 0 spiro atoms. The van der Waals surface area contributed by atoms with E-state index in [4.69, 9.17) is 17.0 Å². The van der Waals surface area contributed by atoms with Gasteiger partial charge >= 0.3 is 5.97 Å². The number of nitrogens with zero attached hydrogens (tertiary/aromatic N) is 2. The molecule has 6 heteroatoms. The molecule has 33 heavy (non-hydrogen) atoms. The molecule has 5 rings (SSSR count). The van der Waals surface area contributed by atoms with Crippen molar-refractivity contribution >= 4 is 28.6 Å². The Hall–Kier alpha value is -4.09. The van der Waals surface area contributed by atoms with E-state index in [1.807, 2.05) is 88.0 Å². The van der Waals surface area contributed by atoms with Crippen molar-refractivity contribution in [1.29, 1.82) is 5.41 Å². The van der Waals surface area contributed by atoms with Crippen molar-refractivity contribution in [3.63, 3.8) is 0 Å². The van der Waals surface area contributed by atoms with Crippen LogP contribution in [0.25, 0.3) is 27.8 Å². The molecule has 0 unspecified atom stereocenters. The number of fused-ring (bicyclic) bond motifs is 1. The Morgan fingerprint density at radius 2 is 1.52 bits per heavy atom. The fraction of sp³-hybridized carbons (Fsp3) is 0.0370. The fourth-order valence-electron chi connectivity index (χ4n) is 4.08. The third kappa shape index (κ3) is 3.83. The first-order chi connectivity index (χ1) is 16.0. The number of carboxylic acids is 1. The largest absolute Gasteiger partial charge is 0.478 e. The van der Waals surface area contributed by atoms with Gasteiger partial charge in [0.1, 0.15) is 0 Å². The minimum absolute atomic E-state index is 0.252. The predicted octanol–water partition coefficient (Wildman–Crippen LogP) is 5.98. The number of halogens is 1. The molecule has 0 saturated carbocycles. The van der Waals surface area contributed by atoms with Crippen LogP contribution in [0.5, 0.6) is 0 Å². The van der Waals surface area contributed by atoms with Crippen LogP contribution < -0.4 is 5.62 Å². The number of imidazole rings is 1. The van der Waals surface area contributed by atoms with Gasteiger partial charge in [-0.2, -0.15) is 0 Å². The number of nitrogens with one attached hydrogen (secondary N) is 1. The van der Waals surface area contributed by atoms with Crippen molar-refractivity contribution in [1.82, 2.24) is 9.13 Å². The molecule has 0 saturated heterocycles. The van der Waals surface area contributed by atoms with Gasteiger partial charge in [-0.25, -0.2) is 4.79 Å². The highest BCUT2D eigenvalue weighted by atomic mass is 35.5. The summed E-state index contributed by atoms with van der Waals surface area (Å²) in [7, 11) is 0. The summed E-state index contributed by atoms with van der Waals surface area (Å²) in [6.45, 7) is 0.492. The Morgan fingerprint density at radius 1 is 0.818 bits per heavy atom. The lowest BCUT2D eigenvalue weighted by Crippen LogP contribution is -2.24. The number of hydrogen-bond acceptors (Lipinski definition) is 2. The summed E-state index contributed by atoms with van der Waals surface area (Å²) in [5.74, 6) is -0.950. The van der Waals surface area contributed by atoms with Gasteiger partial charge in [-0.3, -0.25) is 9.98 Å². The Bertz CT molecular complexity index is 1550. The highest BCUT2D eigenvalue weighted by molar-refractivity contribution is 6.31. The number of aromatic carboxylic acids is 1. The summed E-state index contributed by atoms with van der Waals surface area (Å²) in [5.41, 5.74) is 6.02. The van der Waals surface area contributed by atoms with Crippen LogP contribution in [0.15, 0.2) is 97.1 Å². The maximum atomic E-state index is 11.3. The van der Waals surface area contributed by atoms with Gasteiger partial charge in [-0.15, -0.1) is 0 Å². The number of carbonyl (C=O) groups is 1. The zero-order chi connectivity index (χ0) is 22.9. The van der Waals surface area contributed by atoms with Gasteiger partial charge < -0.3 is 9.67 Å². The summed E-state index contributed by atoms with van der Waals surface area (Å²) < 4.78 is 3.85. The van der Waals surface area contributed by atoms with Crippen molar-refractivity contribution in [3.05, 3.63) is 119 Å². The molecular formula is C27H20ClN3O2. The molecule has 162 valence electrons. The Morgan fingerprint density at radius 3 is 2.24 bits per heavy atom. The molecule has 4 aromatic carbocycles. The van der Waals surface area contributed by atoms with Crippen molar-refractivity contribution in [2.75, 3.05) is 0 Å². The Kier molecular flexibility index (Phi) is 5.32. The first-order valence-electron chi connectivity index (χ1n) is 10.5. The van der Waals surface area contributed by atoms with E-state index in [9.17, 15) is 9.90 Å². The summed E-state index contributed by atoms with van der Waals surface area (Å²) >= 11 is 6.39. The zero-order valence-corrected chi connectivity index (χ0v) is 18.3. The average molecular weight is 454 g/mol. The number of para-hydroxylation sites is 2. The molecule has 0 amide bonds. The van der Waals surface area contributed by atoms with E-state index in [1.165, 1.54) is 0 Å². The summed E-state index contributed by atoms with van der Waals surface area (Å²) in [6, 6.07) is 30.3. The van der Waals surface area contributed by atoms with Crippen LogP contribution in [0.1, 0.15) is 15.9 Å². The van der Waals surface area contributed by atoms with Gasteiger partial charge in [0.05, 0.1) is 23.1 Å². The van der Waals surface area contributed by atoms with E-state index in [0.29, 0.717) is 17.2 Å². The van der Waals surface area contributed by atoms with Crippen molar-refractivity contribution in [2.24, 2.45) is 0 Å². The van der Waals surface area contributed by atoms with Crippen LogP contribution in [0.4, 0.5) is 0 Å². The standard InChI is InChI=1S/C27H20ClN3O2/c28-23-9-2-1-6-21(23)17-30-24-10-3-4-11-25(24)31(27(30)29)22-14-12-18(13-15-22)19-7-5-8-20(16-19)26(32)33/h1-16,29H,17H2,(H,32,33). The van der Waals surface area contributed by atoms with E-state index >= 15 is 0 Å². The monoisotopic (exact) mass is 453 g/mol. The summed E-state index contributed by atoms with van der Waals surface area (Å²) in [5, 5.41) is 18.9. The van der Waals surface area contributed by atoms with Gasteiger partial charge in [0.15, 0.2) is 0 Å². The summed E-state index contributed by atoms with van der Waals surface area (Å²) in [4.78, 5) is 11.3. The maximum absolute atomic E-state index is 11.3. The number of benzene rings is 4. The quantitative estimate of drug-likeness (QED) is 0.343. The second kappa shape index (κ2) is 8.45. The molecule has 0 atom stereocenters. The van der Waals surface area contributed by atoms with Gasteiger partial charge in [0.2, 0.25) is 5.62 Å². The molecule has 0 bridgehead atoms. The third-order valence-electron chi connectivity index (χ3n) is 5.74. The fourth-order valence-corrected chi connectivity index (χ4v) is 4.28. The molecule has 0 fully saturated rings. The van der Waals surface area contributed by atoms with Crippen molar-refractivity contribution in [3.8, 4) is 16.8 Å². The molecule has 2 N–H and O–H groups in total. The number of aromatic nitrogens is 2. The lowest BCUT2D eigenvalue weighted by molar-refractivity contribution is 0.0697.